The standard InChI is InChI=1S/C35H38Cl2N8O4/c1-48-33-20(16-38-18-22-7-10-28(46)42-22)12-14-41-34(33)44-27-5-3-4-25(30(27)36)32-31(37)24(13-15-40-32)26-9-6-21(35(45-26)49-2)17-39-19-23-8-11-29(47)43-23/h3-6,9,12-15,22-23,38-39H,7-8,10-11,16-19H2,1-2H3,(H,41,44)(H,42,46)(H,43,47)/t22-,23+/m1/s1. The number of hydrogen-bond acceptors (Lipinski definition) is 10. The zero-order chi connectivity index (χ0) is 34.3. The average Bonchev–Trinajstić information content (AvgIpc) is 3.73. The Labute approximate surface area is 294 Å². The molecule has 6 rings (SSSR count). The van der Waals surface area contributed by atoms with Gasteiger partial charge in [0.2, 0.25) is 17.7 Å². The molecule has 5 heterocycles. The van der Waals surface area contributed by atoms with Gasteiger partial charge in [0.1, 0.15) is 0 Å². The normalized spacial score (nSPS) is 17.1. The van der Waals surface area contributed by atoms with Crippen LogP contribution in [-0.4, -0.2) is 66.2 Å². The molecular weight excluding hydrogens is 667 g/mol. The predicted octanol–water partition coefficient (Wildman–Crippen LogP) is 5.01. The van der Waals surface area contributed by atoms with Crippen LogP contribution in [0.15, 0.2) is 54.9 Å². The molecule has 49 heavy (non-hydrogen) atoms. The summed E-state index contributed by atoms with van der Waals surface area (Å²) in [6.07, 6.45) is 6.15. The molecule has 0 spiro atoms. The van der Waals surface area contributed by atoms with Crippen LogP contribution in [0.4, 0.5) is 11.5 Å². The number of anilines is 2. The van der Waals surface area contributed by atoms with Crippen molar-refractivity contribution in [2.75, 3.05) is 32.6 Å². The number of methoxy groups -OCH3 is 2. The van der Waals surface area contributed by atoms with Crippen molar-refractivity contribution in [3.05, 3.63) is 76.0 Å². The summed E-state index contributed by atoms with van der Waals surface area (Å²) in [4.78, 5) is 36.9. The van der Waals surface area contributed by atoms with Gasteiger partial charge in [-0.1, -0.05) is 41.4 Å². The van der Waals surface area contributed by atoms with E-state index in [9.17, 15) is 9.59 Å². The molecule has 2 amide bonds. The maximum absolute atomic E-state index is 11.5. The number of nitrogens with one attached hydrogen (secondary N) is 5. The van der Waals surface area contributed by atoms with Crippen molar-refractivity contribution < 1.29 is 19.1 Å². The van der Waals surface area contributed by atoms with Gasteiger partial charge in [-0.05, 0) is 37.1 Å². The number of carbonyl (C=O) groups excluding carboxylic acids is 2. The first-order valence-electron chi connectivity index (χ1n) is 16.1. The highest BCUT2D eigenvalue weighted by atomic mass is 35.5. The molecule has 2 saturated heterocycles. The van der Waals surface area contributed by atoms with Gasteiger partial charge in [-0.25, -0.2) is 9.97 Å². The highest BCUT2D eigenvalue weighted by Gasteiger charge is 2.23. The third-order valence-electron chi connectivity index (χ3n) is 8.58. The number of benzene rings is 1. The summed E-state index contributed by atoms with van der Waals surface area (Å²) < 4.78 is 11.4. The molecule has 0 saturated carbocycles. The van der Waals surface area contributed by atoms with Gasteiger partial charge < -0.3 is 36.1 Å². The topological polar surface area (TPSA) is 151 Å². The Hall–Kier alpha value is -4.49. The maximum atomic E-state index is 11.5. The van der Waals surface area contributed by atoms with Crippen molar-refractivity contribution in [1.29, 1.82) is 0 Å². The molecule has 256 valence electrons. The summed E-state index contributed by atoms with van der Waals surface area (Å²) in [5.41, 5.74) is 4.80. The molecule has 0 bridgehead atoms. The lowest BCUT2D eigenvalue weighted by atomic mass is 10.1. The summed E-state index contributed by atoms with van der Waals surface area (Å²) in [5, 5.41) is 16.8. The largest absolute Gasteiger partial charge is 0.493 e. The number of amides is 2. The Morgan fingerprint density at radius 1 is 0.796 bits per heavy atom. The van der Waals surface area contributed by atoms with Crippen LogP contribution in [0.3, 0.4) is 0 Å². The third kappa shape index (κ3) is 8.05. The van der Waals surface area contributed by atoms with Crippen LogP contribution in [-0.2, 0) is 22.7 Å². The lowest BCUT2D eigenvalue weighted by molar-refractivity contribution is -0.120. The van der Waals surface area contributed by atoms with Gasteiger partial charge in [-0.2, -0.15) is 0 Å². The van der Waals surface area contributed by atoms with Gasteiger partial charge in [0, 0.05) is 85.8 Å². The van der Waals surface area contributed by atoms with Crippen LogP contribution in [0.25, 0.3) is 22.5 Å². The van der Waals surface area contributed by atoms with Crippen LogP contribution in [0, 0.1) is 0 Å². The van der Waals surface area contributed by atoms with Crippen molar-refractivity contribution >= 4 is 46.5 Å². The fourth-order valence-electron chi connectivity index (χ4n) is 6.07. The quantitative estimate of drug-likeness (QED) is 0.121. The number of hydrogen-bond donors (Lipinski definition) is 5. The number of carbonyl (C=O) groups is 2. The Morgan fingerprint density at radius 3 is 2.14 bits per heavy atom. The number of aromatic nitrogens is 3. The number of rotatable bonds is 14. The fraction of sp³-hybridized carbons (Fsp3) is 0.343. The molecule has 14 heteroatoms. The van der Waals surface area contributed by atoms with Crippen molar-refractivity contribution in [3.63, 3.8) is 0 Å². The van der Waals surface area contributed by atoms with Crippen LogP contribution in [0.2, 0.25) is 10.0 Å². The van der Waals surface area contributed by atoms with Crippen molar-refractivity contribution in [2.24, 2.45) is 0 Å². The number of nitrogens with zero attached hydrogens (tertiary/aromatic N) is 3. The van der Waals surface area contributed by atoms with E-state index in [1.54, 1.807) is 32.7 Å². The molecule has 5 N–H and O–H groups in total. The van der Waals surface area contributed by atoms with E-state index < -0.39 is 0 Å². The zero-order valence-corrected chi connectivity index (χ0v) is 28.8. The monoisotopic (exact) mass is 704 g/mol. The van der Waals surface area contributed by atoms with Gasteiger partial charge in [0.05, 0.1) is 41.3 Å². The number of pyridine rings is 3. The first kappa shape index (κ1) is 34.4. The molecule has 0 aliphatic carbocycles. The summed E-state index contributed by atoms with van der Waals surface area (Å²) in [7, 11) is 3.18. The van der Waals surface area contributed by atoms with Crippen LogP contribution in [0.1, 0.15) is 36.8 Å². The van der Waals surface area contributed by atoms with Crippen LogP contribution < -0.4 is 36.1 Å². The van der Waals surface area contributed by atoms with Crippen LogP contribution >= 0.6 is 23.2 Å². The molecule has 2 fully saturated rings. The Kier molecular flexibility index (Phi) is 11.1. The second-order valence-corrected chi connectivity index (χ2v) is 12.7. The summed E-state index contributed by atoms with van der Waals surface area (Å²) in [5.74, 6) is 1.73. The second kappa shape index (κ2) is 15.8. The molecule has 0 unspecified atom stereocenters. The molecule has 1 aromatic carbocycles. The van der Waals surface area contributed by atoms with Crippen molar-refractivity contribution in [3.8, 4) is 34.1 Å². The highest BCUT2D eigenvalue weighted by molar-refractivity contribution is 6.39. The van der Waals surface area contributed by atoms with E-state index in [2.05, 4.69) is 36.6 Å². The van der Waals surface area contributed by atoms with Gasteiger partial charge >= 0.3 is 0 Å². The highest BCUT2D eigenvalue weighted by Crippen LogP contribution is 2.41. The van der Waals surface area contributed by atoms with Crippen molar-refractivity contribution in [1.82, 2.24) is 36.2 Å². The fourth-order valence-corrected chi connectivity index (χ4v) is 6.64. The van der Waals surface area contributed by atoms with E-state index >= 15 is 0 Å². The lowest BCUT2D eigenvalue weighted by Gasteiger charge is -2.17. The third-order valence-corrected chi connectivity index (χ3v) is 9.37. The molecular formula is C35H38Cl2N8O4. The summed E-state index contributed by atoms with van der Waals surface area (Å²) >= 11 is 14.0. The van der Waals surface area contributed by atoms with E-state index in [1.165, 1.54) is 0 Å². The average molecular weight is 706 g/mol. The number of ether oxygens (including phenoxy) is 2. The Bertz CT molecular complexity index is 1840. The molecule has 12 nitrogen and oxygen atoms in total. The van der Waals surface area contributed by atoms with Gasteiger partial charge in [-0.3, -0.25) is 14.6 Å². The zero-order valence-electron chi connectivity index (χ0n) is 27.2. The smallest absolute Gasteiger partial charge is 0.220 e. The molecule has 4 aromatic rings. The molecule has 2 aliphatic heterocycles. The van der Waals surface area contributed by atoms with Crippen molar-refractivity contribution in [2.45, 2.75) is 50.9 Å². The van der Waals surface area contributed by atoms with E-state index in [0.29, 0.717) is 94.7 Å². The van der Waals surface area contributed by atoms with Crippen LogP contribution in [0.5, 0.6) is 11.6 Å². The lowest BCUT2D eigenvalue weighted by Crippen LogP contribution is -2.35. The number of halogens is 2. The van der Waals surface area contributed by atoms with E-state index in [1.807, 2.05) is 36.4 Å². The minimum atomic E-state index is 0.0886. The first-order chi connectivity index (χ1) is 23.8. The predicted molar refractivity (Wildman–Crippen MR) is 189 cm³/mol. The molecule has 3 aromatic heterocycles. The minimum Gasteiger partial charge on any atom is -0.493 e. The maximum Gasteiger partial charge on any atom is 0.220 e. The van der Waals surface area contributed by atoms with E-state index in [0.717, 1.165) is 24.0 Å². The second-order valence-electron chi connectivity index (χ2n) is 11.9. The Balaban J connectivity index is 1.19. The van der Waals surface area contributed by atoms with Gasteiger partial charge in [0.15, 0.2) is 11.6 Å². The minimum absolute atomic E-state index is 0.0886. The van der Waals surface area contributed by atoms with E-state index in [-0.39, 0.29) is 23.9 Å². The molecule has 0 radical (unpaired) electrons. The SMILES string of the molecule is COc1nc(-c2ccnc(-c3cccc(Nc4nccc(CNC[C@H]5CCC(=O)N5)c4OC)c3Cl)c2Cl)ccc1CNC[C@@H]1CCC(=O)N1. The summed E-state index contributed by atoms with van der Waals surface area (Å²) in [6.45, 7) is 2.39. The molecule has 2 aliphatic rings. The van der Waals surface area contributed by atoms with Gasteiger partial charge in [-0.15, -0.1) is 0 Å². The first-order valence-corrected chi connectivity index (χ1v) is 16.9. The van der Waals surface area contributed by atoms with E-state index in [4.69, 9.17) is 37.7 Å². The molecule has 2 atom stereocenters. The van der Waals surface area contributed by atoms with Gasteiger partial charge in [0.25, 0.3) is 0 Å². The summed E-state index contributed by atoms with van der Waals surface area (Å²) in [6, 6.07) is 13.4. The Morgan fingerprint density at radius 2 is 1.49 bits per heavy atom.